The van der Waals surface area contributed by atoms with Gasteiger partial charge in [0.1, 0.15) is 0 Å². The Morgan fingerprint density at radius 2 is 2.12 bits per heavy atom. The fourth-order valence-electron chi connectivity index (χ4n) is 3.64. The molecule has 3 aliphatic carbocycles. The first-order chi connectivity index (χ1) is 7.76. The fourth-order valence-corrected chi connectivity index (χ4v) is 3.64. The summed E-state index contributed by atoms with van der Waals surface area (Å²) in [5, 5.41) is 0. The third kappa shape index (κ3) is 2.16. The van der Waals surface area contributed by atoms with E-state index in [9.17, 15) is 4.79 Å². The van der Waals surface area contributed by atoms with Crippen LogP contribution in [0.25, 0.3) is 0 Å². The molecule has 4 atom stereocenters. The molecule has 2 heteroatoms. The number of allylic oxidation sites excluding steroid dienone is 2. The normalized spacial score (nSPS) is 37.9. The molecule has 16 heavy (non-hydrogen) atoms. The number of hydrogen-bond acceptors (Lipinski definition) is 2. The van der Waals surface area contributed by atoms with Crippen molar-refractivity contribution in [3.8, 4) is 0 Å². The number of ether oxygens (including phenoxy) is 1. The fraction of sp³-hybridized carbons (Fsp3) is 0.786. The van der Waals surface area contributed by atoms with E-state index in [1.54, 1.807) is 19.8 Å². The third-order valence-corrected chi connectivity index (χ3v) is 4.44. The lowest BCUT2D eigenvalue weighted by Gasteiger charge is -2.23. The summed E-state index contributed by atoms with van der Waals surface area (Å²) in [4.78, 5) is 9.96. The molecule has 2 nitrogen and oxygen atoms in total. The van der Waals surface area contributed by atoms with E-state index in [-0.39, 0.29) is 5.97 Å². The average molecular weight is 222 g/mol. The van der Waals surface area contributed by atoms with Gasteiger partial charge in [0.2, 0.25) is 0 Å². The van der Waals surface area contributed by atoms with Crippen LogP contribution >= 0.6 is 0 Å². The number of carbonyl (C=O) groups is 1. The Kier molecular flexibility index (Phi) is 3.67. The van der Waals surface area contributed by atoms with Crippen LogP contribution in [0.1, 0.15) is 39.0 Å². The maximum absolute atomic E-state index is 9.96. The Hall–Kier alpha value is -0.790. The molecular formula is C14H22O2. The molecule has 0 spiro atoms. The van der Waals surface area contributed by atoms with Crippen molar-refractivity contribution in [1.29, 1.82) is 0 Å². The number of esters is 1. The second-order valence-corrected chi connectivity index (χ2v) is 5.17. The van der Waals surface area contributed by atoms with Crippen molar-refractivity contribution in [3.05, 3.63) is 12.2 Å². The van der Waals surface area contributed by atoms with Crippen molar-refractivity contribution in [2.24, 2.45) is 23.7 Å². The van der Waals surface area contributed by atoms with Gasteiger partial charge in [0.15, 0.2) is 0 Å². The molecule has 0 aliphatic heterocycles. The molecule has 0 amide bonds. The summed E-state index contributed by atoms with van der Waals surface area (Å²) in [5.74, 6) is 4.20. The summed E-state index contributed by atoms with van der Waals surface area (Å²) in [5.41, 5.74) is 0. The zero-order chi connectivity index (χ0) is 11.5. The lowest BCUT2D eigenvalue weighted by Crippen LogP contribution is -2.16. The molecule has 0 aromatic rings. The summed E-state index contributed by atoms with van der Waals surface area (Å²) >= 11 is 0. The molecule has 4 unspecified atom stereocenters. The molecule has 0 aromatic carbocycles. The maximum atomic E-state index is 9.96. The van der Waals surface area contributed by atoms with Crippen LogP contribution in [0.5, 0.6) is 0 Å². The Morgan fingerprint density at radius 3 is 2.69 bits per heavy atom. The topological polar surface area (TPSA) is 26.3 Å². The number of hydrogen-bond donors (Lipinski definition) is 0. The highest BCUT2D eigenvalue weighted by Crippen LogP contribution is 2.56. The second-order valence-electron chi connectivity index (χ2n) is 5.17. The summed E-state index contributed by atoms with van der Waals surface area (Å²) in [6.45, 7) is 1.76. The van der Waals surface area contributed by atoms with E-state index >= 15 is 0 Å². The van der Waals surface area contributed by atoms with E-state index in [1.807, 2.05) is 0 Å². The van der Waals surface area contributed by atoms with Crippen molar-refractivity contribution < 1.29 is 9.53 Å². The molecule has 0 saturated heterocycles. The minimum Gasteiger partial charge on any atom is -0.469 e. The number of fused-ring (bicyclic) bond motifs is 5. The van der Waals surface area contributed by atoms with Crippen LogP contribution in [0, 0.1) is 23.7 Å². The number of rotatable bonds is 1. The molecule has 0 N–H and O–H groups in total. The van der Waals surface area contributed by atoms with Gasteiger partial charge in [-0.15, -0.1) is 0 Å². The molecule has 2 saturated carbocycles. The number of carbonyl (C=O) groups excluding carboxylic acids is 1. The van der Waals surface area contributed by atoms with Gasteiger partial charge in [-0.2, -0.15) is 0 Å². The highest BCUT2D eigenvalue weighted by atomic mass is 16.5. The third-order valence-electron chi connectivity index (χ3n) is 4.44. The molecular weight excluding hydrogens is 200 g/mol. The standard InChI is InChI=1S/C10H14.C4H8O2/c1-2-9-7-4-5-8(6-7)10(9)3-1;1-3-4(5)6-2/h1-2,7-10H,3-6H2;3H2,1-2H3. The maximum Gasteiger partial charge on any atom is 0.305 e. The van der Waals surface area contributed by atoms with E-state index in [1.165, 1.54) is 20.0 Å². The van der Waals surface area contributed by atoms with Crippen molar-refractivity contribution in [1.82, 2.24) is 0 Å². The van der Waals surface area contributed by atoms with Crippen molar-refractivity contribution in [2.75, 3.05) is 7.11 Å². The van der Waals surface area contributed by atoms with Gasteiger partial charge in [0.05, 0.1) is 7.11 Å². The van der Waals surface area contributed by atoms with Gasteiger partial charge < -0.3 is 4.74 Å². The summed E-state index contributed by atoms with van der Waals surface area (Å²) in [6, 6.07) is 0. The molecule has 0 radical (unpaired) electrons. The van der Waals surface area contributed by atoms with E-state index in [4.69, 9.17) is 0 Å². The van der Waals surface area contributed by atoms with Crippen LogP contribution in [0.4, 0.5) is 0 Å². The predicted molar refractivity (Wildman–Crippen MR) is 63.9 cm³/mol. The molecule has 90 valence electrons. The molecule has 2 bridgehead atoms. The van der Waals surface area contributed by atoms with Gasteiger partial charge in [-0.3, -0.25) is 4.79 Å². The van der Waals surface area contributed by atoms with Gasteiger partial charge >= 0.3 is 5.97 Å². The van der Waals surface area contributed by atoms with Crippen LogP contribution in [-0.2, 0) is 9.53 Å². The lowest BCUT2D eigenvalue weighted by molar-refractivity contribution is -0.140. The van der Waals surface area contributed by atoms with E-state index in [0.717, 1.165) is 23.7 Å². The highest BCUT2D eigenvalue weighted by molar-refractivity contribution is 5.68. The smallest absolute Gasteiger partial charge is 0.305 e. The molecule has 3 rings (SSSR count). The van der Waals surface area contributed by atoms with Gasteiger partial charge in [0.25, 0.3) is 0 Å². The van der Waals surface area contributed by atoms with Crippen LogP contribution in [0.15, 0.2) is 12.2 Å². The quantitative estimate of drug-likeness (QED) is 0.503. The number of methoxy groups -OCH3 is 1. The van der Waals surface area contributed by atoms with Gasteiger partial charge in [-0.1, -0.05) is 19.1 Å². The second kappa shape index (κ2) is 5.03. The van der Waals surface area contributed by atoms with E-state index in [2.05, 4.69) is 16.9 Å². The molecule has 0 heterocycles. The first-order valence-electron chi connectivity index (χ1n) is 6.49. The molecule has 2 fully saturated rings. The lowest BCUT2D eigenvalue weighted by atomic mass is 9.82. The predicted octanol–water partition coefficient (Wildman–Crippen LogP) is 3.18. The Labute approximate surface area is 98.1 Å². The first kappa shape index (κ1) is 11.7. The van der Waals surface area contributed by atoms with Gasteiger partial charge in [0, 0.05) is 6.42 Å². The van der Waals surface area contributed by atoms with Crippen LogP contribution in [-0.4, -0.2) is 13.1 Å². The van der Waals surface area contributed by atoms with E-state index < -0.39 is 0 Å². The Balaban J connectivity index is 0.000000142. The summed E-state index contributed by atoms with van der Waals surface area (Å²) in [6.07, 6.45) is 11.4. The molecule has 3 aliphatic rings. The minimum atomic E-state index is -0.157. The largest absolute Gasteiger partial charge is 0.469 e. The van der Waals surface area contributed by atoms with Gasteiger partial charge in [-0.25, -0.2) is 0 Å². The summed E-state index contributed by atoms with van der Waals surface area (Å²) < 4.78 is 4.26. The van der Waals surface area contributed by atoms with Crippen LogP contribution in [0.2, 0.25) is 0 Å². The Bertz CT molecular complexity index is 276. The van der Waals surface area contributed by atoms with Crippen molar-refractivity contribution >= 4 is 5.97 Å². The van der Waals surface area contributed by atoms with Crippen LogP contribution < -0.4 is 0 Å². The molecule has 0 aromatic heterocycles. The Morgan fingerprint density at radius 1 is 1.38 bits per heavy atom. The first-order valence-corrected chi connectivity index (χ1v) is 6.49. The van der Waals surface area contributed by atoms with Crippen molar-refractivity contribution in [3.63, 3.8) is 0 Å². The van der Waals surface area contributed by atoms with E-state index in [0.29, 0.717) is 6.42 Å². The van der Waals surface area contributed by atoms with Crippen LogP contribution in [0.3, 0.4) is 0 Å². The monoisotopic (exact) mass is 222 g/mol. The highest BCUT2D eigenvalue weighted by Gasteiger charge is 2.47. The zero-order valence-electron chi connectivity index (χ0n) is 10.3. The SMILES string of the molecule is C1=CC2C3CCC(C3)C2C1.CCC(=O)OC. The van der Waals surface area contributed by atoms with Gasteiger partial charge in [-0.05, 0) is 49.4 Å². The minimum absolute atomic E-state index is 0.157. The average Bonchev–Trinajstić information content (AvgIpc) is 3.00. The summed E-state index contributed by atoms with van der Waals surface area (Å²) in [7, 11) is 1.38. The zero-order valence-corrected chi connectivity index (χ0v) is 10.3. The van der Waals surface area contributed by atoms with Crippen molar-refractivity contribution in [2.45, 2.75) is 39.0 Å².